The third kappa shape index (κ3) is 3.44. The summed E-state index contributed by atoms with van der Waals surface area (Å²) < 4.78 is 5.19. The highest BCUT2D eigenvalue weighted by Gasteiger charge is 2.23. The van der Waals surface area contributed by atoms with E-state index in [4.69, 9.17) is 4.74 Å². The highest BCUT2D eigenvalue weighted by atomic mass is 16.5. The number of benzene rings is 1. The van der Waals surface area contributed by atoms with Crippen LogP contribution in [-0.4, -0.2) is 49.1 Å². The molecule has 0 bridgehead atoms. The van der Waals surface area contributed by atoms with Crippen molar-refractivity contribution in [3.8, 4) is 5.75 Å². The lowest BCUT2D eigenvalue weighted by Crippen LogP contribution is -2.49. The third-order valence-corrected chi connectivity index (χ3v) is 4.10. The highest BCUT2D eigenvalue weighted by molar-refractivity contribution is 5.94. The summed E-state index contributed by atoms with van der Waals surface area (Å²) in [4.78, 5) is 21.2. The lowest BCUT2D eigenvalue weighted by atomic mass is 10.1. The Labute approximate surface area is 136 Å². The van der Waals surface area contributed by atoms with Gasteiger partial charge in [-0.1, -0.05) is 12.1 Å². The molecular formula is C18H21N3O2. The number of rotatable bonds is 3. The van der Waals surface area contributed by atoms with Crippen LogP contribution in [0.25, 0.3) is 0 Å². The smallest absolute Gasteiger partial charge is 0.254 e. The molecule has 23 heavy (non-hydrogen) atoms. The number of pyridine rings is 1. The van der Waals surface area contributed by atoms with E-state index in [-0.39, 0.29) is 5.91 Å². The molecule has 1 amide bonds. The lowest BCUT2D eigenvalue weighted by molar-refractivity contribution is 0.0746. The van der Waals surface area contributed by atoms with E-state index >= 15 is 0 Å². The molecule has 2 heterocycles. The normalized spacial score (nSPS) is 14.7. The minimum Gasteiger partial charge on any atom is -0.497 e. The van der Waals surface area contributed by atoms with Crippen LogP contribution in [0.5, 0.6) is 5.75 Å². The van der Waals surface area contributed by atoms with E-state index in [1.165, 1.54) is 0 Å². The number of carbonyl (C=O) groups excluding carboxylic acids is 1. The van der Waals surface area contributed by atoms with Crippen LogP contribution in [0.1, 0.15) is 15.9 Å². The van der Waals surface area contributed by atoms with Gasteiger partial charge in [0.2, 0.25) is 0 Å². The average Bonchev–Trinajstić information content (AvgIpc) is 2.62. The summed E-state index contributed by atoms with van der Waals surface area (Å²) in [5.74, 6) is 1.74. The molecule has 0 atom stereocenters. The third-order valence-electron chi connectivity index (χ3n) is 4.10. The van der Waals surface area contributed by atoms with Crippen molar-refractivity contribution >= 4 is 11.7 Å². The van der Waals surface area contributed by atoms with Gasteiger partial charge in [0, 0.05) is 37.9 Å². The van der Waals surface area contributed by atoms with Crippen molar-refractivity contribution in [2.24, 2.45) is 0 Å². The maximum Gasteiger partial charge on any atom is 0.254 e. The number of methoxy groups -OCH3 is 1. The van der Waals surface area contributed by atoms with Gasteiger partial charge in [-0.25, -0.2) is 4.98 Å². The van der Waals surface area contributed by atoms with Gasteiger partial charge in [0.1, 0.15) is 11.6 Å². The zero-order valence-electron chi connectivity index (χ0n) is 13.5. The summed E-state index contributed by atoms with van der Waals surface area (Å²) in [6.07, 6.45) is 1.88. The van der Waals surface area contributed by atoms with Gasteiger partial charge in [-0.05, 0) is 36.8 Å². The van der Waals surface area contributed by atoms with Gasteiger partial charge in [-0.3, -0.25) is 4.79 Å². The molecule has 1 fully saturated rings. The summed E-state index contributed by atoms with van der Waals surface area (Å²) in [6, 6.07) is 11.4. The summed E-state index contributed by atoms with van der Waals surface area (Å²) in [5, 5.41) is 0. The molecule has 1 aromatic heterocycles. The fourth-order valence-electron chi connectivity index (χ4n) is 2.72. The van der Waals surface area contributed by atoms with Crippen molar-refractivity contribution in [2.75, 3.05) is 38.2 Å². The van der Waals surface area contributed by atoms with Gasteiger partial charge >= 0.3 is 0 Å². The molecular weight excluding hydrogens is 290 g/mol. The second-order valence-corrected chi connectivity index (χ2v) is 5.70. The van der Waals surface area contributed by atoms with Crippen LogP contribution < -0.4 is 9.64 Å². The molecule has 1 aromatic carbocycles. The van der Waals surface area contributed by atoms with Crippen molar-refractivity contribution in [3.63, 3.8) is 0 Å². The zero-order valence-corrected chi connectivity index (χ0v) is 13.5. The first-order valence-electron chi connectivity index (χ1n) is 7.78. The van der Waals surface area contributed by atoms with E-state index in [2.05, 4.69) is 16.0 Å². The molecule has 1 saturated heterocycles. The van der Waals surface area contributed by atoms with Crippen molar-refractivity contribution in [1.29, 1.82) is 0 Å². The molecule has 5 heteroatoms. The number of aryl methyl sites for hydroxylation is 1. The molecule has 2 aromatic rings. The molecule has 0 radical (unpaired) electrons. The number of amides is 1. The topological polar surface area (TPSA) is 45.7 Å². The number of ether oxygens (including phenoxy) is 1. The molecule has 120 valence electrons. The number of carbonyl (C=O) groups is 1. The largest absolute Gasteiger partial charge is 0.497 e. The summed E-state index contributed by atoms with van der Waals surface area (Å²) >= 11 is 0. The minimum atomic E-state index is 0.0559. The molecule has 3 rings (SSSR count). The van der Waals surface area contributed by atoms with Crippen LogP contribution in [0.4, 0.5) is 5.82 Å². The number of hydrogen-bond donors (Lipinski definition) is 0. The lowest BCUT2D eigenvalue weighted by Gasteiger charge is -2.35. The Morgan fingerprint density at radius 3 is 2.57 bits per heavy atom. The van der Waals surface area contributed by atoms with Gasteiger partial charge in [0.05, 0.1) is 7.11 Å². The van der Waals surface area contributed by atoms with Gasteiger partial charge in [0.15, 0.2) is 0 Å². The maximum atomic E-state index is 12.6. The van der Waals surface area contributed by atoms with Gasteiger partial charge in [-0.2, -0.15) is 0 Å². The van der Waals surface area contributed by atoms with Crippen molar-refractivity contribution in [1.82, 2.24) is 9.88 Å². The number of nitrogens with zero attached hydrogens (tertiary/aromatic N) is 3. The monoisotopic (exact) mass is 311 g/mol. The Hall–Kier alpha value is -2.56. The van der Waals surface area contributed by atoms with E-state index < -0.39 is 0 Å². The molecule has 0 unspecified atom stereocenters. The number of hydrogen-bond acceptors (Lipinski definition) is 4. The maximum absolute atomic E-state index is 12.6. The summed E-state index contributed by atoms with van der Waals surface area (Å²) in [7, 11) is 1.61. The van der Waals surface area contributed by atoms with Crippen molar-refractivity contribution in [2.45, 2.75) is 6.92 Å². The average molecular weight is 311 g/mol. The quantitative estimate of drug-likeness (QED) is 0.873. The van der Waals surface area contributed by atoms with Crippen LogP contribution in [0.15, 0.2) is 42.6 Å². The fraction of sp³-hybridized carbons (Fsp3) is 0.333. The molecule has 0 spiro atoms. The first-order chi connectivity index (χ1) is 11.2. The SMILES string of the molecule is COc1cccc(C(=O)N2CCN(c3ccc(C)cn3)CC2)c1. The molecule has 0 N–H and O–H groups in total. The number of aromatic nitrogens is 1. The van der Waals surface area contributed by atoms with E-state index in [9.17, 15) is 4.79 Å². The highest BCUT2D eigenvalue weighted by Crippen LogP contribution is 2.17. The van der Waals surface area contributed by atoms with Crippen LogP contribution in [0, 0.1) is 6.92 Å². The van der Waals surface area contributed by atoms with Gasteiger partial charge in [0.25, 0.3) is 5.91 Å². The Morgan fingerprint density at radius 2 is 1.91 bits per heavy atom. The second-order valence-electron chi connectivity index (χ2n) is 5.70. The van der Waals surface area contributed by atoms with Gasteiger partial charge in [-0.15, -0.1) is 0 Å². The Morgan fingerprint density at radius 1 is 1.13 bits per heavy atom. The van der Waals surface area contributed by atoms with E-state index in [1.54, 1.807) is 13.2 Å². The molecule has 0 saturated carbocycles. The first-order valence-corrected chi connectivity index (χ1v) is 7.78. The van der Waals surface area contributed by atoms with Crippen LogP contribution in [0.2, 0.25) is 0 Å². The second kappa shape index (κ2) is 6.69. The number of anilines is 1. The number of piperazine rings is 1. The summed E-state index contributed by atoms with van der Waals surface area (Å²) in [5.41, 5.74) is 1.83. The molecule has 5 nitrogen and oxygen atoms in total. The predicted molar refractivity (Wildman–Crippen MR) is 90.1 cm³/mol. The van der Waals surface area contributed by atoms with Crippen LogP contribution in [-0.2, 0) is 0 Å². The molecule has 0 aliphatic carbocycles. The van der Waals surface area contributed by atoms with Gasteiger partial charge < -0.3 is 14.5 Å². The van der Waals surface area contributed by atoms with Crippen LogP contribution >= 0.6 is 0 Å². The summed E-state index contributed by atoms with van der Waals surface area (Å²) in [6.45, 7) is 5.02. The Bertz CT molecular complexity index is 677. The standard InChI is InChI=1S/C18H21N3O2/c1-14-6-7-17(19-13-14)20-8-10-21(11-9-20)18(22)15-4-3-5-16(12-15)23-2/h3-7,12-13H,8-11H2,1-2H3. The van der Waals surface area contributed by atoms with Crippen molar-refractivity contribution < 1.29 is 9.53 Å². The molecule has 1 aliphatic rings. The predicted octanol–water partition coefficient (Wildman–Crippen LogP) is 2.36. The minimum absolute atomic E-state index is 0.0559. The van der Waals surface area contributed by atoms with E-state index in [0.717, 1.165) is 24.5 Å². The zero-order chi connectivity index (χ0) is 16.2. The first kappa shape index (κ1) is 15.3. The van der Waals surface area contributed by atoms with E-state index in [0.29, 0.717) is 24.4 Å². The molecule has 1 aliphatic heterocycles. The van der Waals surface area contributed by atoms with Crippen molar-refractivity contribution in [3.05, 3.63) is 53.7 Å². The van der Waals surface area contributed by atoms with Crippen LogP contribution in [0.3, 0.4) is 0 Å². The Balaban J connectivity index is 1.64. The fourth-order valence-corrected chi connectivity index (χ4v) is 2.72. The Kier molecular flexibility index (Phi) is 4.46. The van der Waals surface area contributed by atoms with E-state index in [1.807, 2.05) is 42.3 Å².